The van der Waals surface area contributed by atoms with Crippen LogP contribution < -0.4 is 0 Å². The Kier molecular flexibility index (Phi) is 1.46. The molecular weight excluding hydrogens is 158 g/mol. The lowest BCUT2D eigenvalue weighted by Gasteiger charge is -2.09. The fourth-order valence-electron chi connectivity index (χ4n) is 1.19. The quantitative estimate of drug-likeness (QED) is 0.680. The molecule has 62 valence electrons. The number of aliphatic carboxylic acids is 1. The standard InChI is InChI=1S/C8H7NO3/c10-8(11)6-3-5-1-2-12-7(5)9-4-6/h1-2,4,6H,3H2,(H,10,11). The monoisotopic (exact) mass is 165 g/mol. The number of furan rings is 1. The molecule has 1 aromatic rings. The van der Waals surface area contributed by atoms with Gasteiger partial charge < -0.3 is 9.52 Å². The Balaban J connectivity index is 2.30. The number of carboxylic acid groups (broad SMARTS) is 1. The normalized spacial score (nSPS) is 20.5. The van der Waals surface area contributed by atoms with Crippen LogP contribution in [0, 0.1) is 5.92 Å². The number of hydrogen-bond acceptors (Lipinski definition) is 3. The predicted octanol–water partition coefficient (Wildman–Crippen LogP) is 1.24. The van der Waals surface area contributed by atoms with E-state index < -0.39 is 11.9 Å². The van der Waals surface area contributed by atoms with Crippen molar-refractivity contribution in [3.8, 4) is 0 Å². The van der Waals surface area contributed by atoms with Gasteiger partial charge in [-0.1, -0.05) is 0 Å². The first-order valence-electron chi connectivity index (χ1n) is 3.61. The van der Waals surface area contributed by atoms with Crippen LogP contribution in [0.15, 0.2) is 21.7 Å². The second kappa shape index (κ2) is 2.48. The minimum atomic E-state index is -0.842. The van der Waals surface area contributed by atoms with Gasteiger partial charge in [0.25, 0.3) is 0 Å². The first-order valence-corrected chi connectivity index (χ1v) is 3.61. The summed E-state index contributed by atoms with van der Waals surface area (Å²) in [6, 6.07) is 1.75. The van der Waals surface area contributed by atoms with E-state index in [0.717, 1.165) is 5.56 Å². The van der Waals surface area contributed by atoms with Gasteiger partial charge in [-0.2, -0.15) is 0 Å². The first kappa shape index (κ1) is 7.09. The highest BCUT2D eigenvalue weighted by Crippen LogP contribution is 2.26. The molecule has 0 radical (unpaired) electrons. The molecule has 0 fully saturated rings. The van der Waals surface area contributed by atoms with Crippen LogP contribution in [0.5, 0.6) is 0 Å². The van der Waals surface area contributed by atoms with Gasteiger partial charge in [-0.05, 0) is 12.5 Å². The van der Waals surface area contributed by atoms with Gasteiger partial charge in [-0.3, -0.25) is 4.79 Å². The maximum absolute atomic E-state index is 10.6. The number of nitrogens with zero attached hydrogens (tertiary/aromatic N) is 1. The highest BCUT2D eigenvalue weighted by Gasteiger charge is 2.22. The maximum Gasteiger partial charge on any atom is 0.312 e. The second-order valence-electron chi connectivity index (χ2n) is 2.68. The summed E-state index contributed by atoms with van der Waals surface area (Å²) in [5, 5.41) is 8.68. The minimum Gasteiger partial charge on any atom is -0.481 e. The van der Waals surface area contributed by atoms with Gasteiger partial charge in [0, 0.05) is 11.8 Å². The Bertz CT molecular complexity index is 340. The van der Waals surface area contributed by atoms with Gasteiger partial charge in [0.2, 0.25) is 5.88 Å². The topological polar surface area (TPSA) is 62.8 Å². The summed E-state index contributed by atoms with van der Waals surface area (Å²) in [4.78, 5) is 14.4. The molecule has 2 heterocycles. The van der Waals surface area contributed by atoms with E-state index >= 15 is 0 Å². The molecule has 1 unspecified atom stereocenters. The Morgan fingerprint density at radius 1 is 1.75 bits per heavy atom. The van der Waals surface area contributed by atoms with E-state index in [9.17, 15) is 4.79 Å². The Hall–Kier alpha value is -1.58. The van der Waals surface area contributed by atoms with Crippen molar-refractivity contribution in [1.29, 1.82) is 0 Å². The molecule has 0 saturated carbocycles. The molecule has 1 atom stereocenters. The molecule has 1 aliphatic heterocycles. The van der Waals surface area contributed by atoms with Crippen LogP contribution >= 0.6 is 0 Å². The van der Waals surface area contributed by atoms with Crippen molar-refractivity contribution in [1.82, 2.24) is 0 Å². The molecule has 0 bridgehead atoms. The van der Waals surface area contributed by atoms with Crippen LogP contribution in [0.3, 0.4) is 0 Å². The first-order chi connectivity index (χ1) is 5.77. The molecule has 1 aliphatic rings. The number of hydrogen-bond donors (Lipinski definition) is 1. The lowest BCUT2D eigenvalue weighted by molar-refractivity contribution is -0.139. The molecule has 4 heteroatoms. The van der Waals surface area contributed by atoms with Crippen molar-refractivity contribution in [2.45, 2.75) is 6.42 Å². The zero-order chi connectivity index (χ0) is 8.55. The number of carbonyl (C=O) groups is 1. The summed E-state index contributed by atoms with van der Waals surface area (Å²) in [6.45, 7) is 0. The molecule has 0 spiro atoms. The molecule has 4 nitrogen and oxygen atoms in total. The van der Waals surface area contributed by atoms with Crippen molar-refractivity contribution >= 4 is 18.1 Å². The van der Waals surface area contributed by atoms with Crippen molar-refractivity contribution in [3.05, 3.63) is 17.9 Å². The SMILES string of the molecule is O=C(O)C1C=Nc2occc2C1. The molecule has 0 saturated heterocycles. The largest absolute Gasteiger partial charge is 0.481 e. The van der Waals surface area contributed by atoms with Gasteiger partial charge in [-0.15, -0.1) is 0 Å². The van der Waals surface area contributed by atoms with E-state index in [0.29, 0.717) is 12.3 Å². The summed E-state index contributed by atoms with van der Waals surface area (Å²) in [5.41, 5.74) is 0.866. The van der Waals surface area contributed by atoms with E-state index in [-0.39, 0.29) is 0 Å². The zero-order valence-corrected chi connectivity index (χ0v) is 6.23. The number of carboxylic acids is 1. The zero-order valence-electron chi connectivity index (χ0n) is 6.23. The number of aliphatic imine (C=N–C) groups is 1. The molecule has 12 heavy (non-hydrogen) atoms. The van der Waals surface area contributed by atoms with Gasteiger partial charge in [0.15, 0.2) is 0 Å². The van der Waals surface area contributed by atoms with E-state index in [1.807, 2.05) is 0 Å². The van der Waals surface area contributed by atoms with Crippen LogP contribution in [-0.2, 0) is 11.2 Å². The van der Waals surface area contributed by atoms with Crippen LogP contribution in [0.4, 0.5) is 5.88 Å². The van der Waals surface area contributed by atoms with E-state index in [4.69, 9.17) is 9.52 Å². The van der Waals surface area contributed by atoms with Crippen molar-refractivity contribution < 1.29 is 14.3 Å². The van der Waals surface area contributed by atoms with Crippen LogP contribution in [0.2, 0.25) is 0 Å². The minimum absolute atomic E-state index is 0.477. The summed E-state index contributed by atoms with van der Waals surface area (Å²) in [5.74, 6) is -0.812. The average Bonchev–Trinajstić information content (AvgIpc) is 2.49. The fourth-order valence-corrected chi connectivity index (χ4v) is 1.19. The van der Waals surface area contributed by atoms with Crippen molar-refractivity contribution in [2.24, 2.45) is 10.9 Å². The van der Waals surface area contributed by atoms with Gasteiger partial charge in [-0.25, -0.2) is 4.99 Å². The Morgan fingerprint density at radius 2 is 2.58 bits per heavy atom. The highest BCUT2D eigenvalue weighted by molar-refractivity contribution is 5.91. The fraction of sp³-hybridized carbons (Fsp3) is 0.250. The van der Waals surface area contributed by atoms with Gasteiger partial charge in [0.1, 0.15) is 0 Å². The molecule has 0 amide bonds. The van der Waals surface area contributed by atoms with E-state index in [1.165, 1.54) is 12.5 Å². The average molecular weight is 165 g/mol. The third kappa shape index (κ3) is 1.01. The Morgan fingerprint density at radius 3 is 3.33 bits per heavy atom. The van der Waals surface area contributed by atoms with Crippen molar-refractivity contribution in [3.63, 3.8) is 0 Å². The molecule has 0 aliphatic carbocycles. The van der Waals surface area contributed by atoms with Crippen LogP contribution in [0.25, 0.3) is 0 Å². The molecular formula is C8H7NO3. The second-order valence-corrected chi connectivity index (χ2v) is 2.68. The summed E-state index contributed by atoms with van der Waals surface area (Å²) < 4.78 is 4.99. The van der Waals surface area contributed by atoms with Crippen LogP contribution in [0.1, 0.15) is 5.56 Å². The van der Waals surface area contributed by atoms with E-state index in [1.54, 1.807) is 6.07 Å². The van der Waals surface area contributed by atoms with Crippen molar-refractivity contribution in [2.75, 3.05) is 0 Å². The highest BCUT2D eigenvalue weighted by atomic mass is 16.4. The summed E-state index contributed by atoms with van der Waals surface area (Å²) >= 11 is 0. The number of rotatable bonds is 1. The third-order valence-electron chi connectivity index (χ3n) is 1.85. The molecule has 1 aromatic heterocycles. The lowest BCUT2D eigenvalue weighted by atomic mass is 10.0. The predicted molar refractivity (Wildman–Crippen MR) is 41.7 cm³/mol. The summed E-state index contributed by atoms with van der Waals surface area (Å²) in [6.07, 6.45) is 3.41. The van der Waals surface area contributed by atoms with Crippen LogP contribution in [-0.4, -0.2) is 17.3 Å². The Labute approximate surface area is 68.5 Å². The van der Waals surface area contributed by atoms with Gasteiger partial charge in [0.05, 0.1) is 12.2 Å². The van der Waals surface area contributed by atoms with E-state index in [2.05, 4.69) is 4.99 Å². The maximum atomic E-state index is 10.6. The molecule has 1 N–H and O–H groups in total. The smallest absolute Gasteiger partial charge is 0.312 e. The lowest BCUT2D eigenvalue weighted by Crippen LogP contribution is -2.19. The number of fused-ring (bicyclic) bond motifs is 1. The molecule has 2 rings (SSSR count). The summed E-state index contributed by atoms with van der Waals surface area (Å²) in [7, 11) is 0. The molecule has 0 aromatic carbocycles. The third-order valence-corrected chi connectivity index (χ3v) is 1.85. The van der Waals surface area contributed by atoms with Gasteiger partial charge >= 0.3 is 5.97 Å².